The zero-order valence-electron chi connectivity index (χ0n) is 11.1. The van der Waals surface area contributed by atoms with Gasteiger partial charge in [0.1, 0.15) is 5.75 Å². The first-order chi connectivity index (χ1) is 8.16. The van der Waals surface area contributed by atoms with Crippen LogP contribution in [0.4, 0.5) is 0 Å². The van der Waals surface area contributed by atoms with Crippen LogP contribution in [0.2, 0.25) is 0 Å². The van der Waals surface area contributed by atoms with Gasteiger partial charge in [0, 0.05) is 0 Å². The highest BCUT2D eigenvalue weighted by Gasteiger charge is 2.19. The van der Waals surface area contributed by atoms with E-state index in [0.717, 1.165) is 18.8 Å². The molecule has 1 aliphatic heterocycles. The van der Waals surface area contributed by atoms with Gasteiger partial charge >= 0.3 is 0 Å². The summed E-state index contributed by atoms with van der Waals surface area (Å²) in [6.07, 6.45) is 2.69. The summed E-state index contributed by atoms with van der Waals surface area (Å²) < 4.78 is 5.96. The molecule has 1 heterocycles. The molecule has 1 aromatic carbocycles. The monoisotopic (exact) mass is 233 g/mol. The third-order valence-corrected chi connectivity index (χ3v) is 3.31. The van der Waals surface area contributed by atoms with Gasteiger partial charge in [-0.05, 0) is 69.8 Å². The fourth-order valence-electron chi connectivity index (χ4n) is 2.47. The molecule has 2 rings (SSSR count). The van der Waals surface area contributed by atoms with Crippen molar-refractivity contribution >= 4 is 0 Å². The van der Waals surface area contributed by atoms with E-state index in [-0.39, 0.29) is 6.10 Å². The molecule has 0 amide bonds. The van der Waals surface area contributed by atoms with Gasteiger partial charge in [0.05, 0.1) is 6.10 Å². The molecule has 94 valence electrons. The van der Waals surface area contributed by atoms with Crippen LogP contribution in [0.3, 0.4) is 0 Å². The van der Waals surface area contributed by atoms with Crippen LogP contribution in [0.25, 0.3) is 0 Å². The van der Waals surface area contributed by atoms with Gasteiger partial charge in [-0.15, -0.1) is 0 Å². The summed E-state index contributed by atoms with van der Waals surface area (Å²) in [5.41, 5.74) is 2.67. The van der Waals surface area contributed by atoms with Gasteiger partial charge in [-0.1, -0.05) is 12.1 Å². The zero-order valence-corrected chi connectivity index (χ0v) is 11.1. The van der Waals surface area contributed by atoms with Gasteiger partial charge in [-0.25, -0.2) is 0 Å². The lowest BCUT2D eigenvalue weighted by molar-refractivity contribution is 0.237. The standard InChI is InChI=1S/C15H23NO/c1-11(2)17-15-10-12(3)4-5-14(15)13-6-8-16-9-7-13/h4-5,10-11,13,16H,6-9H2,1-3H3. The summed E-state index contributed by atoms with van der Waals surface area (Å²) in [5, 5.41) is 3.42. The molecule has 0 unspecified atom stereocenters. The second kappa shape index (κ2) is 5.54. The van der Waals surface area contributed by atoms with Crippen LogP contribution >= 0.6 is 0 Å². The quantitative estimate of drug-likeness (QED) is 0.865. The Labute approximate surface area is 104 Å². The zero-order chi connectivity index (χ0) is 12.3. The SMILES string of the molecule is Cc1ccc(C2CCNCC2)c(OC(C)C)c1. The second-order valence-electron chi connectivity index (χ2n) is 5.23. The third kappa shape index (κ3) is 3.22. The molecular weight excluding hydrogens is 210 g/mol. The lowest BCUT2D eigenvalue weighted by atomic mass is 9.89. The van der Waals surface area contributed by atoms with Gasteiger partial charge in [0.2, 0.25) is 0 Å². The van der Waals surface area contributed by atoms with E-state index in [1.54, 1.807) is 0 Å². The molecule has 17 heavy (non-hydrogen) atoms. The van der Waals surface area contributed by atoms with E-state index in [4.69, 9.17) is 4.74 Å². The number of nitrogens with one attached hydrogen (secondary N) is 1. The molecule has 0 bridgehead atoms. The first-order valence-corrected chi connectivity index (χ1v) is 6.64. The van der Waals surface area contributed by atoms with Crippen molar-refractivity contribution in [2.75, 3.05) is 13.1 Å². The molecule has 1 N–H and O–H groups in total. The minimum atomic E-state index is 0.247. The van der Waals surface area contributed by atoms with Crippen molar-refractivity contribution in [2.24, 2.45) is 0 Å². The van der Waals surface area contributed by atoms with Crippen LogP contribution in [0.1, 0.15) is 43.7 Å². The first-order valence-electron chi connectivity index (χ1n) is 6.64. The van der Waals surface area contributed by atoms with Crippen LogP contribution in [-0.4, -0.2) is 19.2 Å². The molecule has 0 atom stereocenters. The van der Waals surface area contributed by atoms with E-state index in [1.165, 1.54) is 24.0 Å². The fourth-order valence-corrected chi connectivity index (χ4v) is 2.47. The smallest absolute Gasteiger partial charge is 0.123 e. The van der Waals surface area contributed by atoms with Crippen LogP contribution in [-0.2, 0) is 0 Å². The molecule has 0 saturated carbocycles. The summed E-state index contributed by atoms with van der Waals surface area (Å²) in [5.74, 6) is 1.75. The molecule has 1 aromatic rings. The molecule has 0 spiro atoms. The minimum absolute atomic E-state index is 0.247. The van der Waals surface area contributed by atoms with Gasteiger partial charge in [-0.2, -0.15) is 0 Å². The van der Waals surface area contributed by atoms with Crippen LogP contribution in [0.5, 0.6) is 5.75 Å². The average Bonchev–Trinajstić information content (AvgIpc) is 2.29. The topological polar surface area (TPSA) is 21.3 Å². The number of hydrogen-bond donors (Lipinski definition) is 1. The molecule has 1 saturated heterocycles. The predicted molar refractivity (Wildman–Crippen MR) is 71.8 cm³/mol. The summed E-state index contributed by atoms with van der Waals surface area (Å²) in [7, 11) is 0. The third-order valence-electron chi connectivity index (χ3n) is 3.31. The summed E-state index contributed by atoms with van der Waals surface area (Å²) in [6.45, 7) is 8.56. The number of rotatable bonds is 3. The number of ether oxygens (including phenoxy) is 1. The average molecular weight is 233 g/mol. The number of hydrogen-bond acceptors (Lipinski definition) is 2. The number of benzene rings is 1. The fraction of sp³-hybridized carbons (Fsp3) is 0.600. The highest BCUT2D eigenvalue weighted by Crippen LogP contribution is 2.33. The summed E-state index contributed by atoms with van der Waals surface area (Å²) in [4.78, 5) is 0. The Morgan fingerprint density at radius 1 is 1.24 bits per heavy atom. The van der Waals surface area contributed by atoms with Crippen LogP contribution in [0.15, 0.2) is 18.2 Å². The molecule has 2 nitrogen and oxygen atoms in total. The van der Waals surface area contributed by atoms with E-state index in [1.807, 2.05) is 0 Å². The highest BCUT2D eigenvalue weighted by molar-refractivity contribution is 5.40. The Bertz CT molecular complexity index is 367. The molecule has 1 fully saturated rings. The number of aryl methyl sites for hydroxylation is 1. The molecule has 0 aliphatic carbocycles. The van der Waals surface area contributed by atoms with Crippen molar-refractivity contribution in [1.29, 1.82) is 0 Å². The van der Waals surface area contributed by atoms with Crippen molar-refractivity contribution in [3.05, 3.63) is 29.3 Å². The number of piperidine rings is 1. The van der Waals surface area contributed by atoms with Gasteiger partial charge < -0.3 is 10.1 Å². The van der Waals surface area contributed by atoms with Crippen LogP contribution < -0.4 is 10.1 Å². The molecule has 2 heteroatoms. The van der Waals surface area contributed by atoms with Gasteiger partial charge in [0.25, 0.3) is 0 Å². The Kier molecular flexibility index (Phi) is 4.06. The van der Waals surface area contributed by atoms with E-state index in [0.29, 0.717) is 5.92 Å². The van der Waals surface area contributed by atoms with Crippen molar-refractivity contribution in [2.45, 2.75) is 45.6 Å². The van der Waals surface area contributed by atoms with Gasteiger partial charge in [-0.3, -0.25) is 0 Å². The van der Waals surface area contributed by atoms with Crippen LogP contribution in [0, 0.1) is 6.92 Å². The maximum atomic E-state index is 5.96. The van der Waals surface area contributed by atoms with E-state index in [9.17, 15) is 0 Å². The summed E-state index contributed by atoms with van der Waals surface area (Å²) in [6, 6.07) is 6.63. The first kappa shape index (κ1) is 12.4. The van der Waals surface area contributed by atoms with E-state index >= 15 is 0 Å². The predicted octanol–water partition coefficient (Wildman–Crippen LogP) is 3.25. The normalized spacial score (nSPS) is 17.4. The Balaban J connectivity index is 2.24. The summed E-state index contributed by atoms with van der Waals surface area (Å²) >= 11 is 0. The largest absolute Gasteiger partial charge is 0.491 e. The Hall–Kier alpha value is -1.02. The maximum absolute atomic E-state index is 5.96. The molecule has 1 aliphatic rings. The molecular formula is C15H23NO. The van der Waals surface area contributed by atoms with Gasteiger partial charge in [0.15, 0.2) is 0 Å². The van der Waals surface area contributed by atoms with Crippen molar-refractivity contribution in [3.8, 4) is 5.75 Å². The van der Waals surface area contributed by atoms with E-state index in [2.05, 4.69) is 44.3 Å². The van der Waals surface area contributed by atoms with Crippen molar-refractivity contribution < 1.29 is 4.74 Å². The lowest BCUT2D eigenvalue weighted by Crippen LogP contribution is -2.27. The van der Waals surface area contributed by atoms with E-state index < -0.39 is 0 Å². The lowest BCUT2D eigenvalue weighted by Gasteiger charge is -2.26. The minimum Gasteiger partial charge on any atom is -0.491 e. The van der Waals surface area contributed by atoms with Crippen molar-refractivity contribution in [1.82, 2.24) is 5.32 Å². The second-order valence-corrected chi connectivity index (χ2v) is 5.23. The molecule has 0 radical (unpaired) electrons. The maximum Gasteiger partial charge on any atom is 0.123 e. The Morgan fingerprint density at radius 2 is 1.94 bits per heavy atom. The highest BCUT2D eigenvalue weighted by atomic mass is 16.5. The molecule has 0 aromatic heterocycles. The Morgan fingerprint density at radius 3 is 2.59 bits per heavy atom. The van der Waals surface area contributed by atoms with Crippen molar-refractivity contribution in [3.63, 3.8) is 0 Å².